The number of amides is 1. The molecule has 4 rings (SSSR count). The average Bonchev–Trinajstić information content (AvgIpc) is 3.16. The van der Waals surface area contributed by atoms with Crippen molar-refractivity contribution in [1.82, 2.24) is 9.88 Å². The minimum atomic E-state index is -4.51. The Morgan fingerprint density at radius 2 is 2.03 bits per heavy atom. The Hall–Kier alpha value is -2.52. The number of nitrogens with zero attached hydrogens (tertiary/aromatic N) is 1. The molecule has 1 aromatic carbocycles. The number of thiophene rings is 1. The van der Waals surface area contributed by atoms with Gasteiger partial charge in [0.25, 0.3) is 5.91 Å². The zero-order valence-electron chi connectivity index (χ0n) is 16.7. The van der Waals surface area contributed by atoms with Crippen molar-refractivity contribution in [1.29, 1.82) is 0 Å². The number of pyridine rings is 1. The van der Waals surface area contributed by atoms with Crippen LogP contribution < -0.4 is 10.7 Å². The van der Waals surface area contributed by atoms with E-state index in [1.54, 1.807) is 18.4 Å². The van der Waals surface area contributed by atoms with Crippen LogP contribution in [0.15, 0.2) is 50.8 Å². The zero-order chi connectivity index (χ0) is 22.3. The first kappa shape index (κ1) is 21.7. The molecule has 1 N–H and O–H groups in total. The first-order valence-corrected chi connectivity index (χ1v) is 11.5. The number of thioether (sulfide) groups is 1. The Morgan fingerprint density at radius 3 is 2.68 bits per heavy atom. The number of fused-ring (bicyclic) bond motifs is 3. The van der Waals surface area contributed by atoms with Gasteiger partial charge in [0.15, 0.2) is 5.43 Å². The highest BCUT2D eigenvalue weighted by Crippen LogP contribution is 2.46. The van der Waals surface area contributed by atoms with Crippen LogP contribution in [0.5, 0.6) is 0 Å². The normalized spacial score (nSPS) is 15.7. The van der Waals surface area contributed by atoms with E-state index in [2.05, 4.69) is 5.32 Å². The number of aromatic nitrogens is 1. The van der Waals surface area contributed by atoms with Gasteiger partial charge in [-0.1, -0.05) is 0 Å². The van der Waals surface area contributed by atoms with Crippen molar-refractivity contribution in [3.63, 3.8) is 0 Å². The number of nitrogens with one attached hydrogen (secondary N) is 1. The molecule has 0 fully saturated rings. The molecular formula is C22H19F3N2O2S2. The summed E-state index contributed by atoms with van der Waals surface area (Å²) < 4.78 is 42.1. The molecule has 2 aromatic heterocycles. The lowest BCUT2D eigenvalue weighted by Gasteiger charge is -2.20. The van der Waals surface area contributed by atoms with E-state index < -0.39 is 23.1 Å². The van der Waals surface area contributed by atoms with E-state index in [1.165, 1.54) is 35.2 Å². The van der Waals surface area contributed by atoms with Crippen molar-refractivity contribution in [2.24, 2.45) is 0 Å². The number of benzene rings is 1. The zero-order valence-corrected chi connectivity index (χ0v) is 18.4. The minimum absolute atomic E-state index is 0.0152. The van der Waals surface area contributed by atoms with Gasteiger partial charge in [-0.3, -0.25) is 9.59 Å². The van der Waals surface area contributed by atoms with Gasteiger partial charge in [-0.2, -0.15) is 24.5 Å². The molecule has 0 saturated heterocycles. The van der Waals surface area contributed by atoms with Crippen LogP contribution in [0.3, 0.4) is 0 Å². The summed E-state index contributed by atoms with van der Waals surface area (Å²) in [6.07, 6.45) is -4.17. The number of alkyl halides is 3. The molecule has 162 valence electrons. The topological polar surface area (TPSA) is 51.1 Å². The first-order chi connectivity index (χ1) is 14.7. The van der Waals surface area contributed by atoms with Gasteiger partial charge in [0, 0.05) is 40.6 Å². The lowest BCUT2D eigenvalue weighted by atomic mass is 10.0. The second-order valence-electron chi connectivity index (χ2n) is 7.21. The molecule has 3 heterocycles. The van der Waals surface area contributed by atoms with Gasteiger partial charge in [0.05, 0.1) is 11.3 Å². The van der Waals surface area contributed by atoms with Crippen molar-refractivity contribution in [3.8, 4) is 5.69 Å². The van der Waals surface area contributed by atoms with Crippen molar-refractivity contribution in [3.05, 3.63) is 79.4 Å². The van der Waals surface area contributed by atoms with Crippen LogP contribution in [0.25, 0.3) is 5.69 Å². The average molecular weight is 465 g/mol. The van der Waals surface area contributed by atoms with E-state index in [0.717, 1.165) is 17.7 Å². The molecule has 3 aromatic rings. The van der Waals surface area contributed by atoms with Crippen molar-refractivity contribution >= 4 is 29.0 Å². The Labute approximate surface area is 185 Å². The van der Waals surface area contributed by atoms with Crippen LogP contribution in [0.4, 0.5) is 13.2 Å². The van der Waals surface area contributed by atoms with Crippen molar-refractivity contribution in [2.45, 2.75) is 36.6 Å². The van der Waals surface area contributed by atoms with Crippen LogP contribution in [0.1, 0.15) is 45.0 Å². The Kier molecular flexibility index (Phi) is 5.74. The fourth-order valence-electron chi connectivity index (χ4n) is 3.80. The molecule has 9 heteroatoms. The van der Waals surface area contributed by atoms with E-state index in [1.807, 2.05) is 16.8 Å². The summed E-state index contributed by atoms with van der Waals surface area (Å²) in [5.74, 6) is -0.513. The number of hydrogen-bond donors (Lipinski definition) is 1. The minimum Gasteiger partial charge on any atom is -0.352 e. The summed E-state index contributed by atoms with van der Waals surface area (Å²) in [5, 5.41) is 6.43. The number of halogens is 3. The largest absolute Gasteiger partial charge is 0.416 e. The van der Waals surface area contributed by atoms with Crippen LogP contribution in [0.2, 0.25) is 0 Å². The van der Waals surface area contributed by atoms with E-state index in [4.69, 9.17) is 0 Å². The molecule has 4 nitrogen and oxygen atoms in total. The summed E-state index contributed by atoms with van der Waals surface area (Å²) in [6, 6.07) is 6.92. The van der Waals surface area contributed by atoms with Crippen LogP contribution in [0, 0.1) is 6.92 Å². The molecule has 1 amide bonds. The molecule has 1 aliphatic heterocycles. The third-order valence-electron chi connectivity index (χ3n) is 5.15. The first-order valence-electron chi connectivity index (χ1n) is 9.64. The van der Waals surface area contributed by atoms with Gasteiger partial charge in [0.2, 0.25) is 0 Å². The third kappa shape index (κ3) is 4.04. The Balaban J connectivity index is 2.04. The maximum Gasteiger partial charge on any atom is 0.416 e. The number of rotatable bonds is 3. The summed E-state index contributed by atoms with van der Waals surface area (Å²) in [4.78, 5) is 26.3. The highest BCUT2D eigenvalue weighted by atomic mass is 32.2. The van der Waals surface area contributed by atoms with E-state index >= 15 is 0 Å². The molecule has 1 aliphatic rings. The molecule has 1 unspecified atom stereocenters. The summed E-state index contributed by atoms with van der Waals surface area (Å²) >= 11 is 2.97. The highest BCUT2D eigenvalue weighted by Gasteiger charge is 2.34. The second kappa shape index (κ2) is 8.20. The van der Waals surface area contributed by atoms with Crippen LogP contribution in [-0.4, -0.2) is 17.0 Å². The molecule has 0 radical (unpaired) electrons. The summed E-state index contributed by atoms with van der Waals surface area (Å²) in [5.41, 5.74) is 1.03. The van der Waals surface area contributed by atoms with E-state index in [-0.39, 0.29) is 10.8 Å². The monoisotopic (exact) mass is 464 g/mol. The van der Waals surface area contributed by atoms with Gasteiger partial charge in [0.1, 0.15) is 5.56 Å². The lowest BCUT2D eigenvalue weighted by molar-refractivity contribution is -0.137. The molecule has 31 heavy (non-hydrogen) atoms. The second-order valence-corrected chi connectivity index (χ2v) is 9.24. The Morgan fingerprint density at radius 1 is 1.26 bits per heavy atom. The van der Waals surface area contributed by atoms with Gasteiger partial charge >= 0.3 is 6.18 Å². The molecule has 0 aliphatic carbocycles. The SMILES string of the molecule is CCNC(=O)c1c2n(c(C)cc1=O)-c1cc(C(F)(F)F)ccc1SC(c1ccsc1)C2. The number of hydrogen-bond acceptors (Lipinski definition) is 4. The smallest absolute Gasteiger partial charge is 0.352 e. The van der Waals surface area contributed by atoms with Crippen molar-refractivity contribution < 1.29 is 18.0 Å². The van der Waals surface area contributed by atoms with E-state index in [9.17, 15) is 22.8 Å². The third-order valence-corrected chi connectivity index (χ3v) is 7.18. The Bertz CT molecular complexity index is 1200. The van der Waals surface area contributed by atoms with E-state index in [0.29, 0.717) is 34.9 Å². The summed E-state index contributed by atoms with van der Waals surface area (Å²) in [6.45, 7) is 3.76. The van der Waals surface area contributed by atoms with Gasteiger partial charge < -0.3 is 9.88 Å². The number of carbonyl (C=O) groups excluding carboxylic acids is 1. The number of aryl methyl sites for hydroxylation is 1. The molecule has 0 saturated carbocycles. The highest BCUT2D eigenvalue weighted by molar-refractivity contribution is 7.99. The van der Waals surface area contributed by atoms with Crippen LogP contribution in [-0.2, 0) is 12.6 Å². The fourth-order valence-corrected chi connectivity index (χ4v) is 5.85. The predicted octanol–water partition coefficient (Wildman–Crippen LogP) is 5.37. The standard InChI is InChI=1S/C22H19F3N2O2S2/c1-3-26-21(29)20-16-10-19(13-6-7-30-11-13)31-18-5-4-14(22(23,24)25)9-15(18)27(16)12(2)8-17(20)28/h4-9,11,19H,3,10H2,1-2H3,(H,26,29). The molecular weight excluding hydrogens is 445 g/mol. The quantitative estimate of drug-likeness (QED) is 0.567. The molecule has 0 bridgehead atoms. The number of carbonyl (C=O) groups is 1. The van der Waals surface area contributed by atoms with Gasteiger partial charge in [-0.15, -0.1) is 11.8 Å². The van der Waals surface area contributed by atoms with Crippen molar-refractivity contribution in [2.75, 3.05) is 6.54 Å². The van der Waals surface area contributed by atoms with Crippen LogP contribution >= 0.6 is 23.1 Å². The predicted molar refractivity (Wildman–Crippen MR) is 116 cm³/mol. The maximum absolute atomic E-state index is 13.5. The van der Waals surface area contributed by atoms with Gasteiger partial charge in [-0.05, 0) is 54.4 Å². The fraction of sp³-hybridized carbons (Fsp3) is 0.273. The summed E-state index contributed by atoms with van der Waals surface area (Å²) in [7, 11) is 0. The lowest BCUT2D eigenvalue weighted by Crippen LogP contribution is -2.32. The molecule has 1 atom stereocenters. The maximum atomic E-state index is 13.5. The molecule has 0 spiro atoms. The van der Waals surface area contributed by atoms with Gasteiger partial charge in [-0.25, -0.2) is 0 Å².